The van der Waals surface area contributed by atoms with Gasteiger partial charge in [-0.05, 0) is 163 Å². The van der Waals surface area contributed by atoms with Crippen molar-refractivity contribution in [2.24, 2.45) is 5.92 Å². The molecular formula is C63H58N4O8. The van der Waals surface area contributed by atoms with Gasteiger partial charge in [-0.2, -0.15) is 0 Å². The highest BCUT2D eigenvalue weighted by atomic mass is 16.6. The van der Waals surface area contributed by atoms with Crippen molar-refractivity contribution in [2.45, 2.75) is 64.7 Å². The van der Waals surface area contributed by atoms with Gasteiger partial charge < -0.3 is 41.9 Å². The van der Waals surface area contributed by atoms with E-state index in [9.17, 15) is 19.2 Å². The van der Waals surface area contributed by atoms with Gasteiger partial charge in [-0.15, -0.1) is 0 Å². The zero-order valence-electron chi connectivity index (χ0n) is 41.8. The molecule has 0 spiro atoms. The van der Waals surface area contributed by atoms with Gasteiger partial charge in [0.1, 0.15) is 23.0 Å². The van der Waals surface area contributed by atoms with Crippen molar-refractivity contribution in [1.29, 1.82) is 0 Å². The molecule has 12 heteroatoms. The third kappa shape index (κ3) is 12.9. The Bertz CT molecular complexity index is 3270. The zero-order chi connectivity index (χ0) is 52.6. The zero-order valence-corrected chi connectivity index (χ0v) is 41.8. The third-order valence-electron chi connectivity index (χ3n) is 13.5. The van der Waals surface area contributed by atoms with Crippen LogP contribution in [-0.2, 0) is 22.3 Å². The maximum absolute atomic E-state index is 11.5. The van der Waals surface area contributed by atoms with Crippen molar-refractivity contribution < 1.29 is 38.1 Å². The van der Waals surface area contributed by atoms with E-state index in [0.29, 0.717) is 23.0 Å². The van der Waals surface area contributed by atoms with E-state index in [2.05, 4.69) is 108 Å². The molecule has 0 bridgehead atoms. The summed E-state index contributed by atoms with van der Waals surface area (Å²) in [6.07, 6.45) is 8.38. The van der Waals surface area contributed by atoms with E-state index in [1.54, 1.807) is 24.3 Å². The Morgan fingerprint density at radius 3 is 1.31 bits per heavy atom. The molecule has 11 rings (SSSR count). The molecule has 8 aromatic carbocycles. The Balaban J connectivity index is 0.000000140. The SMILES string of the molecule is CC1CCC(c2ccc(Oc3cc(N)cc(N)c3)cc2)CC1.Cc1ccc(-c2ccc(-c3ccc(CCCc4cc(N)cc(N)c4)cc3)cc2)cc1.O=C1OC(=O)c2cc(Oc3ccc4c(c3)C(=O)OC4=O)ccc21. The summed E-state index contributed by atoms with van der Waals surface area (Å²) in [6.45, 7) is 4.47. The van der Waals surface area contributed by atoms with Gasteiger partial charge in [0, 0.05) is 34.9 Å². The van der Waals surface area contributed by atoms with Crippen molar-refractivity contribution in [1.82, 2.24) is 0 Å². The van der Waals surface area contributed by atoms with Crippen molar-refractivity contribution in [3.05, 3.63) is 214 Å². The largest absolute Gasteiger partial charge is 0.457 e. The Morgan fingerprint density at radius 1 is 0.413 bits per heavy atom. The summed E-state index contributed by atoms with van der Waals surface area (Å²) in [4.78, 5) is 45.8. The van der Waals surface area contributed by atoms with Crippen LogP contribution < -0.4 is 32.4 Å². The number of nitrogen functional groups attached to an aromatic ring is 4. The highest BCUT2D eigenvalue weighted by Crippen LogP contribution is 2.37. The van der Waals surface area contributed by atoms with Crippen LogP contribution in [0.5, 0.6) is 23.0 Å². The van der Waals surface area contributed by atoms with Crippen molar-refractivity contribution >= 4 is 46.6 Å². The van der Waals surface area contributed by atoms with Gasteiger partial charge in [0.05, 0.1) is 22.3 Å². The molecule has 1 aliphatic carbocycles. The topological polar surface area (TPSA) is 209 Å². The molecule has 2 aliphatic heterocycles. The molecule has 378 valence electrons. The summed E-state index contributed by atoms with van der Waals surface area (Å²) in [5, 5.41) is 0. The number of anilines is 4. The lowest BCUT2D eigenvalue weighted by Gasteiger charge is -2.26. The maximum Gasteiger partial charge on any atom is 0.347 e. The minimum atomic E-state index is -0.737. The molecule has 75 heavy (non-hydrogen) atoms. The van der Waals surface area contributed by atoms with Crippen molar-refractivity contribution in [2.75, 3.05) is 22.9 Å². The second kappa shape index (κ2) is 22.7. The first-order chi connectivity index (χ1) is 36.2. The van der Waals surface area contributed by atoms with Crippen molar-refractivity contribution in [3.8, 4) is 45.3 Å². The number of benzene rings is 8. The second-order valence-electron chi connectivity index (χ2n) is 19.3. The van der Waals surface area contributed by atoms with Crippen LogP contribution in [0.3, 0.4) is 0 Å². The first kappa shape index (κ1) is 50.8. The summed E-state index contributed by atoms with van der Waals surface area (Å²) in [5.41, 5.74) is 36.9. The molecule has 0 radical (unpaired) electrons. The van der Waals surface area contributed by atoms with E-state index in [-0.39, 0.29) is 33.8 Å². The lowest BCUT2D eigenvalue weighted by Crippen LogP contribution is -2.10. The molecule has 8 aromatic rings. The molecule has 1 saturated carbocycles. The lowest BCUT2D eigenvalue weighted by molar-refractivity contribution is 0.0425. The Labute approximate surface area is 436 Å². The minimum absolute atomic E-state index is 0.114. The number of fused-ring (bicyclic) bond motifs is 2. The van der Waals surface area contributed by atoms with Crippen LogP contribution >= 0.6 is 0 Å². The molecule has 0 aromatic heterocycles. The van der Waals surface area contributed by atoms with E-state index >= 15 is 0 Å². The predicted molar refractivity (Wildman–Crippen MR) is 294 cm³/mol. The number of aryl methyl sites for hydroxylation is 3. The summed E-state index contributed by atoms with van der Waals surface area (Å²) in [5.74, 6) is 0.778. The van der Waals surface area contributed by atoms with Gasteiger partial charge in [-0.25, -0.2) is 19.2 Å². The number of hydrogen-bond acceptors (Lipinski definition) is 12. The fourth-order valence-corrected chi connectivity index (χ4v) is 9.49. The number of hydrogen-bond donors (Lipinski definition) is 4. The van der Waals surface area contributed by atoms with E-state index in [4.69, 9.17) is 32.4 Å². The smallest absolute Gasteiger partial charge is 0.347 e. The molecule has 0 unspecified atom stereocenters. The summed E-state index contributed by atoms with van der Waals surface area (Å²) in [7, 11) is 0. The Hall–Kier alpha value is -9.16. The normalized spacial score (nSPS) is 15.3. The summed E-state index contributed by atoms with van der Waals surface area (Å²) >= 11 is 0. The highest BCUT2D eigenvalue weighted by Gasteiger charge is 2.32. The van der Waals surface area contributed by atoms with Gasteiger partial charge in [0.25, 0.3) is 0 Å². The molecule has 0 saturated heterocycles. The number of esters is 4. The van der Waals surface area contributed by atoms with Crippen LogP contribution in [0.1, 0.15) is 109 Å². The highest BCUT2D eigenvalue weighted by molar-refractivity contribution is 6.15. The lowest BCUT2D eigenvalue weighted by atomic mass is 9.79. The van der Waals surface area contributed by atoms with Crippen LogP contribution in [0.15, 0.2) is 170 Å². The average molecular weight is 999 g/mol. The minimum Gasteiger partial charge on any atom is -0.457 e. The van der Waals surface area contributed by atoms with Crippen LogP contribution in [-0.4, -0.2) is 23.9 Å². The first-order valence-electron chi connectivity index (χ1n) is 25.0. The fourth-order valence-electron chi connectivity index (χ4n) is 9.49. The number of ether oxygens (including phenoxy) is 4. The van der Waals surface area contributed by atoms with E-state index in [1.165, 1.54) is 107 Å². The number of carbonyl (C=O) groups is 4. The van der Waals surface area contributed by atoms with Crippen LogP contribution in [0.25, 0.3) is 22.3 Å². The fraction of sp³-hybridized carbons (Fsp3) is 0.175. The van der Waals surface area contributed by atoms with Gasteiger partial charge in [0.2, 0.25) is 0 Å². The molecule has 0 amide bonds. The van der Waals surface area contributed by atoms with Crippen LogP contribution in [0, 0.1) is 12.8 Å². The monoisotopic (exact) mass is 998 g/mol. The molecule has 1 fully saturated rings. The molecule has 8 N–H and O–H groups in total. The summed E-state index contributed by atoms with van der Waals surface area (Å²) in [6, 6.07) is 54.5. The molecule has 2 heterocycles. The van der Waals surface area contributed by atoms with Crippen LogP contribution in [0.2, 0.25) is 0 Å². The third-order valence-corrected chi connectivity index (χ3v) is 13.5. The standard InChI is InChI=1S/C28H28N2.C19H24N2O.C16H6O7/c1-20-5-9-23(10-6-20)25-13-15-26(16-14-25)24-11-7-21(8-12-24)3-2-4-22-17-27(29)19-28(30)18-22;1-13-2-4-14(5-3-13)15-6-8-18(9-7-15)22-19-11-16(20)10-17(21)12-19;17-13-9-3-1-7(5-11(9)15(19)22-13)21-8-2-4-10-12(6-8)16(20)23-14(10)18/h5-19H,2-4,29-30H2,1H3;6-14H,2-5,20-21H2,1H3;1-6H. The Morgan fingerprint density at radius 2 is 0.813 bits per heavy atom. The average Bonchev–Trinajstić information content (AvgIpc) is 3.85. The molecule has 3 aliphatic rings. The number of carbonyl (C=O) groups excluding carboxylic acids is 4. The quantitative estimate of drug-likeness (QED) is 0.0542. The predicted octanol–water partition coefficient (Wildman–Crippen LogP) is 13.7. The Kier molecular flexibility index (Phi) is 15.4. The number of rotatable bonds is 11. The van der Waals surface area contributed by atoms with Gasteiger partial charge in [-0.1, -0.05) is 110 Å². The van der Waals surface area contributed by atoms with Gasteiger partial charge in [0.15, 0.2) is 0 Å². The van der Waals surface area contributed by atoms with E-state index in [1.807, 2.05) is 24.3 Å². The molecule has 12 nitrogen and oxygen atoms in total. The summed E-state index contributed by atoms with van der Waals surface area (Å²) < 4.78 is 20.4. The first-order valence-corrected chi connectivity index (χ1v) is 25.0. The van der Waals surface area contributed by atoms with Gasteiger partial charge >= 0.3 is 23.9 Å². The van der Waals surface area contributed by atoms with Gasteiger partial charge in [-0.3, -0.25) is 0 Å². The van der Waals surface area contributed by atoms with E-state index in [0.717, 1.165) is 42.3 Å². The number of nitrogens with two attached hydrogens (primary N) is 4. The van der Waals surface area contributed by atoms with E-state index < -0.39 is 23.9 Å². The molecule has 0 atom stereocenters. The second-order valence-corrected chi connectivity index (χ2v) is 19.3. The number of cyclic esters (lactones) is 4. The van der Waals surface area contributed by atoms with Crippen LogP contribution in [0.4, 0.5) is 22.7 Å². The van der Waals surface area contributed by atoms with Crippen molar-refractivity contribution in [3.63, 3.8) is 0 Å². The maximum atomic E-state index is 11.5. The molecular weight excluding hydrogens is 941 g/mol.